The Morgan fingerprint density at radius 1 is 0.923 bits per heavy atom. The molecule has 0 bridgehead atoms. The zero-order chi connectivity index (χ0) is 8.81. The number of allylic oxidation sites excluding steroid dienone is 4. The minimum absolute atomic E-state index is 0. The molecule has 13 heavy (non-hydrogen) atoms. The Hall–Kier alpha value is 0.644. The first-order valence-corrected chi connectivity index (χ1v) is 4.67. The SMILES string of the molecule is CC1=C(C)C(C)(C)[C]([V+2])=C1C.[Cl-].[Cl-]. The van der Waals surface area contributed by atoms with E-state index in [2.05, 4.69) is 52.0 Å². The van der Waals surface area contributed by atoms with Crippen molar-refractivity contribution in [1.29, 1.82) is 0 Å². The van der Waals surface area contributed by atoms with Gasteiger partial charge in [-0.2, -0.15) is 0 Å². The zero-order valence-electron chi connectivity index (χ0n) is 8.70. The molecular weight excluding hydrogens is 242 g/mol. The van der Waals surface area contributed by atoms with Crippen molar-refractivity contribution >= 4 is 0 Å². The molecule has 0 aliphatic heterocycles. The van der Waals surface area contributed by atoms with Crippen LogP contribution in [0.5, 0.6) is 0 Å². The molecule has 74 valence electrons. The van der Waals surface area contributed by atoms with Crippen molar-refractivity contribution in [3.63, 3.8) is 0 Å². The van der Waals surface area contributed by atoms with E-state index >= 15 is 0 Å². The molecule has 0 fully saturated rings. The van der Waals surface area contributed by atoms with Crippen LogP contribution in [0.15, 0.2) is 21.0 Å². The minimum atomic E-state index is 0. The van der Waals surface area contributed by atoms with E-state index < -0.39 is 0 Å². The monoisotopic (exact) mass is 256 g/mol. The summed E-state index contributed by atoms with van der Waals surface area (Å²) in [6.07, 6.45) is 0. The van der Waals surface area contributed by atoms with E-state index in [1.165, 1.54) is 21.0 Å². The van der Waals surface area contributed by atoms with Gasteiger partial charge in [-0.25, -0.2) is 0 Å². The molecule has 0 radical (unpaired) electrons. The molecule has 0 nitrogen and oxygen atoms in total. The predicted octanol–water partition coefficient (Wildman–Crippen LogP) is -2.81. The molecular formula is C10H15Cl2V. The quantitative estimate of drug-likeness (QED) is 0.439. The van der Waals surface area contributed by atoms with Gasteiger partial charge in [-0.3, -0.25) is 0 Å². The van der Waals surface area contributed by atoms with Crippen LogP contribution >= 0.6 is 0 Å². The van der Waals surface area contributed by atoms with Crippen molar-refractivity contribution in [2.75, 3.05) is 0 Å². The van der Waals surface area contributed by atoms with Crippen LogP contribution in [0.3, 0.4) is 0 Å². The summed E-state index contributed by atoms with van der Waals surface area (Å²) in [6, 6.07) is 0. The summed E-state index contributed by atoms with van der Waals surface area (Å²) in [7, 11) is 0. The van der Waals surface area contributed by atoms with Crippen molar-refractivity contribution in [1.82, 2.24) is 0 Å². The van der Waals surface area contributed by atoms with Crippen LogP contribution in [-0.4, -0.2) is 0 Å². The molecule has 0 spiro atoms. The summed E-state index contributed by atoms with van der Waals surface area (Å²) >= 11 is 2.71. The average molecular weight is 257 g/mol. The van der Waals surface area contributed by atoms with Crippen LogP contribution in [0.25, 0.3) is 0 Å². The van der Waals surface area contributed by atoms with Gasteiger partial charge >= 0.3 is 78.5 Å². The van der Waals surface area contributed by atoms with Gasteiger partial charge in [0.25, 0.3) is 0 Å². The summed E-state index contributed by atoms with van der Waals surface area (Å²) < 4.78 is 1.47. The molecule has 0 aromatic heterocycles. The van der Waals surface area contributed by atoms with E-state index in [9.17, 15) is 0 Å². The summed E-state index contributed by atoms with van der Waals surface area (Å²) in [4.78, 5) is 0. The molecule has 0 unspecified atom stereocenters. The summed E-state index contributed by atoms with van der Waals surface area (Å²) in [6.45, 7) is 11.2. The Bertz CT molecular complexity index is 236. The molecule has 1 aliphatic rings. The molecule has 0 heterocycles. The Morgan fingerprint density at radius 3 is 1.38 bits per heavy atom. The van der Waals surface area contributed by atoms with Crippen molar-refractivity contribution < 1.29 is 42.2 Å². The van der Waals surface area contributed by atoms with Gasteiger partial charge in [0.2, 0.25) is 0 Å². The molecule has 1 rings (SSSR count). The van der Waals surface area contributed by atoms with Gasteiger partial charge in [0, 0.05) is 0 Å². The molecule has 0 aromatic carbocycles. The van der Waals surface area contributed by atoms with Crippen molar-refractivity contribution in [2.45, 2.75) is 34.6 Å². The third-order valence-electron chi connectivity index (χ3n) is 3.01. The van der Waals surface area contributed by atoms with E-state index in [1.807, 2.05) is 0 Å². The largest absolute Gasteiger partial charge is 1.00 e. The molecule has 0 N–H and O–H groups in total. The van der Waals surface area contributed by atoms with Crippen LogP contribution in [-0.2, 0) is 17.4 Å². The molecule has 0 saturated heterocycles. The van der Waals surface area contributed by atoms with Crippen LogP contribution < -0.4 is 24.8 Å². The standard InChI is InChI=1S/C10H15.2ClH.V/c1-7-6-10(4,5)9(3)8(7)2;;;/h1-5H3;2*1H;/q;;;+2/p-2. The summed E-state index contributed by atoms with van der Waals surface area (Å²) in [5.41, 5.74) is 4.75. The second-order valence-electron chi connectivity index (χ2n) is 3.85. The van der Waals surface area contributed by atoms with E-state index in [0.717, 1.165) is 0 Å². The van der Waals surface area contributed by atoms with Gasteiger partial charge in [0.05, 0.1) is 0 Å². The normalized spacial score (nSPS) is 19.7. The fourth-order valence-corrected chi connectivity index (χ4v) is 2.10. The first-order chi connectivity index (χ1) is 4.89. The maximum Gasteiger partial charge on any atom is -1.00 e. The van der Waals surface area contributed by atoms with Crippen LogP contribution in [0, 0.1) is 5.41 Å². The predicted molar refractivity (Wildman–Crippen MR) is 44.9 cm³/mol. The number of rotatable bonds is 0. The van der Waals surface area contributed by atoms with Crippen LogP contribution in [0.2, 0.25) is 0 Å². The number of halogens is 2. The Morgan fingerprint density at radius 2 is 1.31 bits per heavy atom. The van der Waals surface area contributed by atoms with Gasteiger partial charge in [0.15, 0.2) is 0 Å². The molecule has 1 aliphatic carbocycles. The van der Waals surface area contributed by atoms with Crippen molar-refractivity contribution in [3.05, 3.63) is 21.0 Å². The average Bonchev–Trinajstić information content (AvgIpc) is 2.06. The van der Waals surface area contributed by atoms with Gasteiger partial charge < -0.3 is 24.8 Å². The summed E-state index contributed by atoms with van der Waals surface area (Å²) in [5, 5.41) is 0. The van der Waals surface area contributed by atoms with Crippen LogP contribution in [0.1, 0.15) is 34.6 Å². The molecule has 0 aromatic rings. The maximum atomic E-state index is 2.71. The number of hydrogen-bond acceptors (Lipinski definition) is 0. The van der Waals surface area contributed by atoms with E-state index in [-0.39, 0.29) is 30.2 Å². The molecule has 0 atom stereocenters. The van der Waals surface area contributed by atoms with E-state index in [4.69, 9.17) is 0 Å². The summed E-state index contributed by atoms with van der Waals surface area (Å²) in [5.74, 6) is 0. The van der Waals surface area contributed by atoms with Gasteiger partial charge in [-0.05, 0) is 0 Å². The van der Waals surface area contributed by atoms with Gasteiger partial charge in [0.1, 0.15) is 0 Å². The maximum absolute atomic E-state index is 2.71. The third-order valence-corrected chi connectivity index (χ3v) is 4.41. The second kappa shape index (κ2) is 4.93. The Labute approximate surface area is 103 Å². The first kappa shape index (κ1) is 16.1. The van der Waals surface area contributed by atoms with Crippen molar-refractivity contribution in [3.8, 4) is 0 Å². The van der Waals surface area contributed by atoms with E-state index in [1.54, 1.807) is 0 Å². The zero-order valence-corrected chi connectivity index (χ0v) is 11.6. The Balaban J connectivity index is 0. The van der Waals surface area contributed by atoms with E-state index in [0.29, 0.717) is 0 Å². The molecule has 0 saturated carbocycles. The minimum Gasteiger partial charge on any atom is -1.00 e. The fourth-order valence-electron chi connectivity index (χ4n) is 1.57. The molecule has 3 heteroatoms. The smallest absolute Gasteiger partial charge is 1.00 e. The van der Waals surface area contributed by atoms with Gasteiger partial charge in [-0.15, -0.1) is 0 Å². The first-order valence-electron chi connectivity index (χ1n) is 3.97. The number of hydrogen-bond donors (Lipinski definition) is 0. The second-order valence-corrected chi connectivity index (χ2v) is 4.55. The third kappa shape index (κ3) is 2.36. The van der Waals surface area contributed by atoms with Gasteiger partial charge in [-0.1, -0.05) is 0 Å². The topological polar surface area (TPSA) is 0 Å². The van der Waals surface area contributed by atoms with Crippen molar-refractivity contribution in [2.24, 2.45) is 5.41 Å². The molecule has 0 amide bonds. The fraction of sp³-hybridized carbons (Fsp3) is 0.600. The van der Waals surface area contributed by atoms with Crippen LogP contribution in [0.4, 0.5) is 0 Å². The Kier molecular flexibility index (Phi) is 6.10.